The summed E-state index contributed by atoms with van der Waals surface area (Å²) in [6, 6.07) is 23.1. The number of benzene rings is 3. The smallest absolute Gasteiger partial charge is 0.208 e. The molecule has 1 fully saturated rings. The van der Waals surface area contributed by atoms with Crippen molar-refractivity contribution in [3.63, 3.8) is 0 Å². The van der Waals surface area contributed by atoms with Crippen molar-refractivity contribution in [3.05, 3.63) is 77.6 Å². The van der Waals surface area contributed by atoms with E-state index < -0.39 is 0 Å². The van der Waals surface area contributed by atoms with Gasteiger partial charge in [0.15, 0.2) is 11.6 Å². The van der Waals surface area contributed by atoms with Crippen LogP contribution in [0.15, 0.2) is 66.7 Å². The van der Waals surface area contributed by atoms with Gasteiger partial charge in [-0.2, -0.15) is 9.97 Å². The molecule has 1 aromatic heterocycles. The number of aromatic nitrogens is 3. The molecule has 1 heterocycles. The molecule has 144 valence electrons. The molecule has 4 aromatic rings. The van der Waals surface area contributed by atoms with E-state index in [1.807, 2.05) is 18.2 Å². The van der Waals surface area contributed by atoms with Gasteiger partial charge in [0, 0.05) is 11.1 Å². The topological polar surface area (TPSA) is 38.7 Å². The summed E-state index contributed by atoms with van der Waals surface area (Å²) < 4.78 is 0. The lowest BCUT2D eigenvalue weighted by molar-refractivity contribution is 0.443. The minimum absolute atomic E-state index is 0.217. The highest BCUT2D eigenvalue weighted by molar-refractivity contribution is 6.28. The molecule has 0 aliphatic heterocycles. The van der Waals surface area contributed by atoms with Crippen molar-refractivity contribution in [1.29, 1.82) is 0 Å². The van der Waals surface area contributed by atoms with Crippen molar-refractivity contribution in [1.82, 2.24) is 15.0 Å². The van der Waals surface area contributed by atoms with Gasteiger partial charge in [-0.15, -0.1) is 0 Å². The first-order valence-corrected chi connectivity index (χ1v) is 10.7. The molecule has 5 rings (SSSR count). The fourth-order valence-corrected chi connectivity index (χ4v) is 4.44. The van der Waals surface area contributed by atoms with Crippen LogP contribution in [0.25, 0.3) is 33.5 Å². The summed E-state index contributed by atoms with van der Waals surface area (Å²) in [4.78, 5) is 13.5. The summed E-state index contributed by atoms with van der Waals surface area (Å²) >= 11 is 6.26. The number of halogens is 1. The maximum Gasteiger partial charge on any atom is 0.226 e. The molecule has 0 N–H and O–H groups in total. The SMILES string of the molecule is Clc1nc(-c2ccc(C3CCCCC3)cc2)nc(-c2ccc3ccccc3c2)n1. The summed E-state index contributed by atoms with van der Waals surface area (Å²) in [6.07, 6.45) is 6.64. The molecule has 1 aliphatic carbocycles. The van der Waals surface area contributed by atoms with Gasteiger partial charge in [-0.1, -0.05) is 79.9 Å². The molecule has 3 aromatic carbocycles. The third-order valence-electron chi connectivity index (χ3n) is 5.86. The van der Waals surface area contributed by atoms with E-state index in [-0.39, 0.29) is 5.28 Å². The molecule has 29 heavy (non-hydrogen) atoms. The van der Waals surface area contributed by atoms with E-state index >= 15 is 0 Å². The zero-order valence-corrected chi connectivity index (χ0v) is 16.9. The summed E-state index contributed by atoms with van der Waals surface area (Å²) in [5.41, 5.74) is 3.33. The minimum atomic E-state index is 0.217. The van der Waals surface area contributed by atoms with Crippen molar-refractivity contribution < 1.29 is 0 Å². The van der Waals surface area contributed by atoms with Crippen LogP contribution in [0, 0.1) is 0 Å². The van der Waals surface area contributed by atoms with E-state index in [0.29, 0.717) is 17.6 Å². The maximum absolute atomic E-state index is 6.26. The molecule has 4 heteroatoms. The zero-order valence-electron chi connectivity index (χ0n) is 16.2. The van der Waals surface area contributed by atoms with Gasteiger partial charge >= 0.3 is 0 Å². The van der Waals surface area contributed by atoms with Crippen LogP contribution < -0.4 is 0 Å². The Hall–Kier alpha value is -2.78. The van der Waals surface area contributed by atoms with Gasteiger partial charge in [0.05, 0.1) is 0 Å². The second kappa shape index (κ2) is 7.92. The van der Waals surface area contributed by atoms with Crippen molar-refractivity contribution in [2.75, 3.05) is 0 Å². The van der Waals surface area contributed by atoms with Crippen LogP contribution in [0.1, 0.15) is 43.6 Å². The van der Waals surface area contributed by atoms with Gasteiger partial charge in [0.1, 0.15) is 0 Å². The van der Waals surface area contributed by atoms with Crippen molar-refractivity contribution in [2.45, 2.75) is 38.0 Å². The highest BCUT2D eigenvalue weighted by Crippen LogP contribution is 2.33. The largest absolute Gasteiger partial charge is 0.226 e. The summed E-state index contributed by atoms with van der Waals surface area (Å²) in [5.74, 6) is 1.90. The second-order valence-electron chi connectivity index (χ2n) is 7.77. The maximum atomic E-state index is 6.26. The number of hydrogen-bond acceptors (Lipinski definition) is 3. The Morgan fingerprint density at radius 2 is 1.31 bits per heavy atom. The molecule has 0 atom stereocenters. The molecule has 0 bridgehead atoms. The summed E-state index contributed by atoms with van der Waals surface area (Å²) in [6.45, 7) is 0. The van der Waals surface area contributed by atoms with E-state index in [2.05, 4.69) is 58.5 Å². The first-order valence-electron chi connectivity index (χ1n) is 10.3. The van der Waals surface area contributed by atoms with E-state index in [4.69, 9.17) is 16.6 Å². The van der Waals surface area contributed by atoms with E-state index in [0.717, 1.165) is 16.5 Å². The molecule has 0 radical (unpaired) electrons. The lowest BCUT2D eigenvalue weighted by Gasteiger charge is -2.22. The Morgan fingerprint density at radius 1 is 0.655 bits per heavy atom. The predicted molar refractivity (Wildman–Crippen MR) is 119 cm³/mol. The average molecular weight is 400 g/mol. The van der Waals surface area contributed by atoms with Crippen LogP contribution in [0.5, 0.6) is 0 Å². The number of rotatable bonds is 3. The fourth-order valence-electron chi connectivity index (χ4n) is 4.28. The van der Waals surface area contributed by atoms with E-state index in [9.17, 15) is 0 Å². The second-order valence-corrected chi connectivity index (χ2v) is 8.11. The number of hydrogen-bond donors (Lipinski definition) is 0. The highest BCUT2D eigenvalue weighted by Gasteiger charge is 2.16. The average Bonchev–Trinajstić information content (AvgIpc) is 2.79. The molecular formula is C25H22ClN3. The Balaban J connectivity index is 1.48. The molecule has 0 saturated heterocycles. The van der Waals surface area contributed by atoms with E-state index in [1.54, 1.807) is 0 Å². The van der Waals surface area contributed by atoms with Gasteiger partial charge in [-0.25, -0.2) is 4.98 Å². The molecular weight excluding hydrogens is 378 g/mol. The molecule has 0 amide bonds. The Kier molecular flexibility index (Phi) is 4.99. The summed E-state index contributed by atoms with van der Waals surface area (Å²) in [5, 5.41) is 2.56. The molecule has 3 nitrogen and oxygen atoms in total. The Bertz CT molecular complexity index is 1150. The first-order chi connectivity index (χ1) is 14.3. The minimum Gasteiger partial charge on any atom is -0.208 e. The quantitative estimate of drug-likeness (QED) is 0.370. The standard InChI is InChI=1S/C25H22ClN3/c26-25-28-23(20-13-10-19(11-14-20)17-6-2-1-3-7-17)27-24(29-25)22-15-12-18-8-4-5-9-21(18)16-22/h4-5,8-17H,1-3,6-7H2. The van der Waals surface area contributed by atoms with Crippen LogP contribution in [0.4, 0.5) is 0 Å². The molecule has 1 saturated carbocycles. The van der Waals surface area contributed by atoms with Crippen LogP contribution in [-0.4, -0.2) is 15.0 Å². The summed E-state index contributed by atoms with van der Waals surface area (Å²) in [7, 11) is 0. The van der Waals surface area contributed by atoms with Gasteiger partial charge in [0.2, 0.25) is 5.28 Å². The Morgan fingerprint density at radius 3 is 2.07 bits per heavy atom. The Labute approximate surface area is 175 Å². The van der Waals surface area contributed by atoms with Gasteiger partial charge in [-0.3, -0.25) is 0 Å². The third kappa shape index (κ3) is 3.88. The van der Waals surface area contributed by atoms with Gasteiger partial charge < -0.3 is 0 Å². The van der Waals surface area contributed by atoms with Gasteiger partial charge in [0.25, 0.3) is 0 Å². The van der Waals surface area contributed by atoms with Crippen molar-refractivity contribution >= 4 is 22.4 Å². The normalized spacial score (nSPS) is 14.9. The zero-order chi connectivity index (χ0) is 19.6. The number of nitrogens with zero attached hydrogens (tertiary/aromatic N) is 3. The van der Waals surface area contributed by atoms with Crippen LogP contribution in [0.2, 0.25) is 5.28 Å². The van der Waals surface area contributed by atoms with Gasteiger partial charge in [-0.05, 0) is 52.8 Å². The monoisotopic (exact) mass is 399 g/mol. The fraction of sp³-hybridized carbons (Fsp3) is 0.240. The highest BCUT2D eigenvalue weighted by atomic mass is 35.5. The predicted octanol–water partition coefficient (Wildman–Crippen LogP) is 7.06. The van der Waals surface area contributed by atoms with Crippen molar-refractivity contribution in [2.24, 2.45) is 0 Å². The van der Waals surface area contributed by atoms with Crippen LogP contribution in [-0.2, 0) is 0 Å². The molecule has 1 aliphatic rings. The lowest BCUT2D eigenvalue weighted by Crippen LogP contribution is -2.04. The van der Waals surface area contributed by atoms with Crippen LogP contribution in [0.3, 0.4) is 0 Å². The number of fused-ring (bicyclic) bond motifs is 1. The molecule has 0 spiro atoms. The van der Waals surface area contributed by atoms with Crippen molar-refractivity contribution in [3.8, 4) is 22.8 Å². The molecule has 0 unspecified atom stereocenters. The van der Waals surface area contributed by atoms with Crippen LogP contribution >= 0.6 is 11.6 Å². The van der Waals surface area contributed by atoms with E-state index in [1.165, 1.54) is 43.1 Å². The first kappa shape index (κ1) is 18.3. The lowest BCUT2D eigenvalue weighted by atomic mass is 9.84. The third-order valence-corrected chi connectivity index (χ3v) is 6.03.